The fourth-order valence-corrected chi connectivity index (χ4v) is 2.74. The molecular formula is C16H13BrFNO2. The van der Waals surface area contributed by atoms with Gasteiger partial charge in [-0.1, -0.05) is 18.2 Å². The monoisotopic (exact) mass is 349 g/mol. The van der Waals surface area contributed by atoms with Gasteiger partial charge in [-0.05, 0) is 45.8 Å². The van der Waals surface area contributed by atoms with E-state index in [0.29, 0.717) is 35.5 Å². The number of hydrogen-bond acceptors (Lipinski definition) is 2. The van der Waals surface area contributed by atoms with E-state index in [1.807, 2.05) is 12.1 Å². The van der Waals surface area contributed by atoms with E-state index < -0.39 is 0 Å². The van der Waals surface area contributed by atoms with E-state index in [4.69, 9.17) is 4.74 Å². The smallest absolute Gasteiger partial charge is 0.258 e. The molecule has 5 heteroatoms. The van der Waals surface area contributed by atoms with Crippen molar-refractivity contribution in [2.75, 3.05) is 13.2 Å². The van der Waals surface area contributed by atoms with Gasteiger partial charge in [-0.25, -0.2) is 4.39 Å². The Morgan fingerprint density at radius 2 is 2.05 bits per heavy atom. The van der Waals surface area contributed by atoms with Gasteiger partial charge in [-0.2, -0.15) is 0 Å². The van der Waals surface area contributed by atoms with Crippen LogP contribution in [0.3, 0.4) is 0 Å². The molecule has 3 rings (SSSR count). The van der Waals surface area contributed by atoms with E-state index in [2.05, 4.69) is 15.9 Å². The van der Waals surface area contributed by atoms with Gasteiger partial charge >= 0.3 is 0 Å². The molecule has 1 aliphatic heterocycles. The van der Waals surface area contributed by atoms with Crippen molar-refractivity contribution < 1.29 is 13.9 Å². The van der Waals surface area contributed by atoms with Crippen molar-refractivity contribution in [2.24, 2.45) is 0 Å². The molecule has 0 N–H and O–H groups in total. The molecule has 0 saturated heterocycles. The summed E-state index contributed by atoms with van der Waals surface area (Å²) in [5.41, 5.74) is 1.44. The molecule has 0 saturated carbocycles. The van der Waals surface area contributed by atoms with Crippen LogP contribution in [0.25, 0.3) is 0 Å². The Labute approximate surface area is 130 Å². The van der Waals surface area contributed by atoms with E-state index in [1.165, 1.54) is 6.07 Å². The second-order valence-electron chi connectivity index (χ2n) is 4.82. The summed E-state index contributed by atoms with van der Waals surface area (Å²) in [6.07, 6.45) is 0. The van der Waals surface area contributed by atoms with E-state index in [9.17, 15) is 9.18 Å². The maximum atomic E-state index is 13.3. The number of rotatable bonds is 2. The average molecular weight is 350 g/mol. The van der Waals surface area contributed by atoms with Crippen LogP contribution in [0.15, 0.2) is 46.9 Å². The van der Waals surface area contributed by atoms with Crippen molar-refractivity contribution in [1.82, 2.24) is 4.90 Å². The summed E-state index contributed by atoms with van der Waals surface area (Å²) >= 11 is 3.16. The quantitative estimate of drug-likeness (QED) is 0.828. The predicted octanol–water partition coefficient (Wildman–Crippen LogP) is 3.62. The van der Waals surface area contributed by atoms with Gasteiger partial charge in [0.1, 0.15) is 18.2 Å². The minimum Gasteiger partial charge on any atom is -0.491 e. The molecule has 0 spiro atoms. The van der Waals surface area contributed by atoms with Crippen LogP contribution in [0, 0.1) is 5.82 Å². The van der Waals surface area contributed by atoms with Crippen molar-refractivity contribution in [3.05, 3.63) is 63.9 Å². The number of carbonyl (C=O) groups is 1. The molecular weight excluding hydrogens is 337 g/mol. The summed E-state index contributed by atoms with van der Waals surface area (Å²) in [6, 6.07) is 12.0. The van der Waals surface area contributed by atoms with Gasteiger partial charge in [0.15, 0.2) is 0 Å². The van der Waals surface area contributed by atoms with Gasteiger partial charge in [0, 0.05) is 6.54 Å². The summed E-state index contributed by atoms with van der Waals surface area (Å²) in [4.78, 5) is 14.3. The minimum absolute atomic E-state index is 0.0662. The van der Waals surface area contributed by atoms with E-state index in [-0.39, 0.29) is 11.7 Å². The first-order valence-electron chi connectivity index (χ1n) is 6.60. The number of carbonyl (C=O) groups excluding carboxylic acids is 1. The highest BCUT2D eigenvalue weighted by Crippen LogP contribution is 2.24. The number of nitrogens with zero attached hydrogens (tertiary/aromatic N) is 1. The highest BCUT2D eigenvalue weighted by molar-refractivity contribution is 9.10. The zero-order chi connectivity index (χ0) is 14.8. The summed E-state index contributed by atoms with van der Waals surface area (Å²) in [5, 5.41) is 0. The zero-order valence-corrected chi connectivity index (χ0v) is 12.8. The van der Waals surface area contributed by atoms with Gasteiger partial charge in [-0.15, -0.1) is 0 Å². The van der Waals surface area contributed by atoms with Gasteiger partial charge in [0.2, 0.25) is 0 Å². The fraction of sp³-hybridized carbons (Fsp3) is 0.188. The molecule has 0 fully saturated rings. The minimum atomic E-state index is -0.311. The predicted molar refractivity (Wildman–Crippen MR) is 80.8 cm³/mol. The molecule has 21 heavy (non-hydrogen) atoms. The molecule has 0 bridgehead atoms. The second-order valence-corrected chi connectivity index (χ2v) is 5.67. The fourth-order valence-electron chi connectivity index (χ4n) is 2.32. The summed E-state index contributed by atoms with van der Waals surface area (Å²) < 4.78 is 19.3. The third kappa shape index (κ3) is 2.93. The lowest BCUT2D eigenvalue weighted by Gasteiger charge is -2.20. The van der Waals surface area contributed by atoms with E-state index >= 15 is 0 Å². The number of ether oxygens (including phenoxy) is 1. The number of para-hydroxylation sites is 1. The Balaban J connectivity index is 1.85. The lowest BCUT2D eigenvalue weighted by Crippen LogP contribution is -2.31. The van der Waals surface area contributed by atoms with E-state index in [1.54, 1.807) is 29.2 Å². The van der Waals surface area contributed by atoms with Crippen LogP contribution in [0.1, 0.15) is 15.9 Å². The van der Waals surface area contributed by atoms with Gasteiger partial charge in [-0.3, -0.25) is 4.79 Å². The lowest BCUT2D eigenvalue weighted by molar-refractivity contribution is 0.0743. The first kappa shape index (κ1) is 14.1. The summed E-state index contributed by atoms with van der Waals surface area (Å²) in [6.45, 7) is 1.38. The average Bonchev–Trinajstić information content (AvgIpc) is 2.64. The largest absolute Gasteiger partial charge is 0.491 e. The number of fused-ring (bicyclic) bond motifs is 1. The van der Waals surface area contributed by atoms with Crippen LogP contribution >= 0.6 is 15.9 Å². The molecule has 0 radical (unpaired) electrons. The first-order chi connectivity index (χ1) is 10.1. The third-order valence-electron chi connectivity index (χ3n) is 3.38. The molecule has 0 aromatic heterocycles. The van der Waals surface area contributed by atoms with Crippen molar-refractivity contribution in [3.63, 3.8) is 0 Å². The van der Waals surface area contributed by atoms with Crippen LogP contribution in [0.2, 0.25) is 0 Å². The first-order valence-corrected chi connectivity index (χ1v) is 7.39. The van der Waals surface area contributed by atoms with Crippen molar-refractivity contribution in [2.45, 2.75) is 6.54 Å². The van der Waals surface area contributed by atoms with Crippen molar-refractivity contribution in [3.8, 4) is 5.75 Å². The standard InChI is InChI=1S/C16H13BrFNO2/c17-13-9-11(5-6-14(13)18)10-19-7-8-21-15-4-2-1-3-12(15)16(19)20/h1-6,9H,7-8,10H2. The Bertz CT molecular complexity index is 690. The second kappa shape index (κ2) is 5.85. The molecule has 0 unspecified atom stereocenters. The molecule has 1 aliphatic rings. The summed E-state index contributed by atoms with van der Waals surface area (Å²) in [7, 11) is 0. The van der Waals surface area contributed by atoms with Crippen molar-refractivity contribution in [1.29, 1.82) is 0 Å². The topological polar surface area (TPSA) is 29.5 Å². The lowest BCUT2D eigenvalue weighted by atomic mass is 10.1. The van der Waals surface area contributed by atoms with Crippen LogP contribution in [-0.2, 0) is 6.54 Å². The van der Waals surface area contributed by atoms with Crippen LogP contribution in [0.4, 0.5) is 4.39 Å². The number of hydrogen-bond donors (Lipinski definition) is 0. The molecule has 2 aromatic rings. The molecule has 0 aliphatic carbocycles. The molecule has 3 nitrogen and oxygen atoms in total. The Kier molecular flexibility index (Phi) is 3.92. The van der Waals surface area contributed by atoms with Crippen LogP contribution in [-0.4, -0.2) is 24.0 Å². The van der Waals surface area contributed by atoms with Crippen LogP contribution < -0.4 is 4.74 Å². The molecule has 108 valence electrons. The Hall–Kier alpha value is -1.88. The van der Waals surface area contributed by atoms with Crippen LogP contribution in [0.5, 0.6) is 5.75 Å². The molecule has 1 amide bonds. The van der Waals surface area contributed by atoms with Crippen molar-refractivity contribution >= 4 is 21.8 Å². The zero-order valence-electron chi connectivity index (χ0n) is 11.2. The maximum Gasteiger partial charge on any atom is 0.258 e. The molecule has 1 heterocycles. The Morgan fingerprint density at radius 1 is 1.24 bits per heavy atom. The summed E-state index contributed by atoms with van der Waals surface area (Å²) in [5.74, 6) is 0.239. The number of halogens is 2. The van der Waals surface area contributed by atoms with Gasteiger partial charge in [0.25, 0.3) is 5.91 Å². The SMILES string of the molecule is O=C1c2ccccc2OCCN1Cc1ccc(F)c(Br)c1. The normalized spacial score (nSPS) is 14.4. The Morgan fingerprint density at radius 3 is 2.86 bits per heavy atom. The molecule has 0 atom stereocenters. The third-order valence-corrected chi connectivity index (χ3v) is 3.99. The van der Waals surface area contributed by atoms with Gasteiger partial charge < -0.3 is 9.64 Å². The van der Waals surface area contributed by atoms with E-state index in [0.717, 1.165) is 5.56 Å². The molecule has 2 aromatic carbocycles. The van der Waals surface area contributed by atoms with Gasteiger partial charge in [0.05, 0.1) is 16.6 Å². The number of amides is 1. The highest BCUT2D eigenvalue weighted by atomic mass is 79.9. The number of benzene rings is 2. The highest BCUT2D eigenvalue weighted by Gasteiger charge is 2.23. The maximum absolute atomic E-state index is 13.3.